The monoisotopic (exact) mass is 255 g/mol. The van der Waals surface area contributed by atoms with Crippen molar-refractivity contribution in [2.75, 3.05) is 0 Å². The van der Waals surface area contributed by atoms with Crippen molar-refractivity contribution in [3.05, 3.63) is 28.1 Å². The lowest BCUT2D eigenvalue weighted by Gasteiger charge is -1.95. The summed E-state index contributed by atoms with van der Waals surface area (Å²) in [4.78, 5) is 14.9. The number of carboxylic acids is 1. The Kier molecular flexibility index (Phi) is 2.03. The van der Waals surface area contributed by atoms with E-state index >= 15 is 0 Å². The molecule has 14 heavy (non-hydrogen) atoms. The Morgan fingerprint density at radius 3 is 2.93 bits per heavy atom. The van der Waals surface area contributed by atoms with Gasteiger partial charge >= 0.3 is 5.97 Å². The van der Waals surface area contributed by atoms with Crippen molar-refractivity contribution in [2.45, 2.75) is 6.92 Å². The van der Waals surface area contributed by atoms with Gasteiger partial charge in [-0.1, -0.05) is 15.9 Å². The SMILES string of the molecule is Cc1nc2cc(Br)cc(C(=O)O)c2o1. The van der Waals surface area contributed by atoms with Crippen LogP contribution in [-0.2, 0) is 0 Å². The van der Waals surface area contributed by atoms with Crippen LogP contribution in [0.5, 0.6) is 0 Å². The van der Waals surface area contributed by atoms with E-state index < -0.39 is 5.97 Å². The van der Waals surface area contributed by atoms with Gasteiger partial charge in [-0.2, -0.15) is 0 Å². The third kappa shape index (κ3) is 1.39. The minimum absolute atomic E-state index is 0.120. The summed E-state index contributed by atoms with van der Waals surface area (Å²) in [6, 6.07) is 3.22. The van der Waals surface area contributed by atoms with Crippen LogP contribution in [0.1, 0.15) is 16.2 Å². The van der Waals surface area contributed by atoms with Gasteiger partial charge < -0.3 is 9.52 Å². The summed E-state index contributed by atoms with van der Waals surface area (Å²) < 4.78 is 5.88. The van der Waals surface area contributed by atoms with E-state index in [1.807, 2.05) is 0 Å². The molecule has 0 aliphatic rings. The summed E-state index contributed by atoms with van der Waals surface area (Å²) in [5.74, 6) is -0.562. The summed E-state index contributed by atoms with van der Waals surface area (Å²) in [6.45, 7) is 1.68. The van der Waals surface area contributed by atoms with Gasteiger partial charge in [-0.25, -0.2) is 9.78 Å². The van der Waals surface area contributed by atoms with Gasteiger partial charge in [-0.05, 0) is 12.1 Å². The van der Waals surface area contributed by atoms with Crippen LogP contribution in [0.4, 0.5) is 0 Å². The molecule has 1 aromatic heterocycles. The predicted octanol–water partition coefficient (Wildman–Crippen LogP) is 2.60. The highest BCUT2D eigenvalue weighted by atomic mass is 79.9. The Labute approximate surface area is 87.7 Å². The highest BCUT2D eigenvalue weighted by Crippen LogP contribution is 2.24. The van der Waals surface area contributed by atoms with E-state index in [0.717, 1.165) is 0 Å². The lowest BCUT2D eigenvalue weighted by Crippen LogP contribution is -1.96. The summed E-state index contributed by atoms with van der Waals surface area (Å²) in [5, 5.41) is 8.91. The lowest BCUT2D eigenvalue weighted by molar-refractivity contribution is 0.0698. The number of fused-ring (bicyclic) bond motifs is 1. The first-order chi connectivity index (χ1) is 6.58. The average Bonchev–Trinajstić information content (AvgIpc) is 2.42. The maximum Gasteiger partial charge on any atom is 0.339 e. The summed E-state index contributed by atoms with van der Waals surface area (Å²) in [6.07, 6.45) is 0. The third-order valence-corrected chi connectivity index (χ3v) is 2.25. The number of hydrogen-bond acceptors (Lipinski definition) is 3. The number of carboxylic acid groups (broad SMARTS) is 1. The molecule has 0 amide bonds. The fourth-order valence-corrected chi connectivity index (χ4v) is 1.71. The number of aromatic nitrogens is 1. The first-order valence-corrected chi connectivity index (χ1v) is 4.67. The van der Waals surface area contributed by atoms with Crippen LogP contribution < -0.4 is 0 Å². The van der Waals surface area contributed by atoms with Crippen LogP contribution in [-0.4, -0.2) is 16.1 Å². The molecule has 1 heterocycles. The zero-order valence-corrected chi connectivity index (χ0v) is 8.83. The standard InChI is InChI=1S/C9H6BrNO3/c1-4-11-7-3-5(10)2-6(9(12)13)8(7)14-4/h2-3H,1H3,(H,12,13). The zero-order chi connectivity index (χ0) is 10.3. The fourth-order valence-electron chi connectivity index (χ4n) is 1.27. The molecule has 0 aliphatic heterocycles. The lowest BCUT2D eigenvalue weighted by atomic mass is 10.2. The van der Waals surface area contributed by atoms with Crippen LogP contribution in [0, 0.1) is 6.92 Å². The minimum Gasteiger partial charge on any atom is -0.478 e. The number of halogens is 1. The van der Waals surface area contributed by atoms with E-state index in [2.05, 4.69) is 20.9 Å². The van der Waals surface area contributed by atoms with E-state index in [9.17, 15) is 4.79 Å². The van der Waals surface area contributed by atoms with Crippen molar-refractivity contribution >= 4 is 33.0 Å². The highest BCUT2D eigenvalue weighted by Gasteiger charge is 2.14. The van der Waals surface area contributed by atoms with E-state index in [4.69, 9.17) is 9.52 Å². The van der Waals surface area contributed by atoms with Gasteiger partial charge in [0.25, 0.3) is 0 Å². The third-order valence-electron chi connectivity index (χ3n) is 1.79. The number of benzene rings is 1. The molecule has 0 aliphatic carbocycles. The minimum atomic E-state index is -1.02. The molecule has 0 atom stereocenters. The van der Waals surface area contributed by atoms with Crippen molar-refractivity contribution in [2.24, 2.45) is 0 Å². The molecule has 72 valence electrons. The van der Waals surface area contributed by atoms with Gasteiger partial charge in [0.1, 0.15) is 11.1 Å². The van der Waals surface area contributed by atoms with Crippen LogP contribution >= 0.6 is 15.9 Å². The second kappa shape index (κ2) is 3.09. The number of oxazole rings is 1. The average molecular weight is 256 g/mol. The fraction of sp³-hybridized carbons (Fsp3) is 0.111. The van der Waals surface area contributed by atoms with Gasteiger partial charge in [-0.15, -0.1) is 0 Å². The zero-order valence-electron chi connectivity index (χ0n) is 7.24. The Morgan fingerprint density at radius 2 is 2.29 bits per heavy atom. The first kappa shape index (κ1) is 9.21. The van der Waals surface area contributed by atoms with E-state index in [0.29, 0.717) is 21.5 Å². The molecule has 0 unspecified atom stereocenters. The molecule has 2 aromatic rings. The molecule has 1 aromatic carbocycles. The van der Waals surface area contributed by atoms with Crippen molar-refractivity contribution < 1.29 is 14.3 Å². The largest absolute Gasteiger partial charge is 0.478 e. The van der Waals surface area contributed by atoms with E-state index in [1.54, 1.807) is 13.0 Å². The molecule has 0 saturated heterocycles. The molecule has 2 rings (SSSR count). The maximum absolute atomic E-state index is 10.9. The molecule has 4 nitrogen and oxygen atoms in total. The van der Waals surface area contributed by atoms with Gasteiger partial charge in [0.05, 0.1) is 0 Å². The second-order valence-corrected chi connectivity index (χ2v) is 3.76. The quantitative estimate of drug-likeness (QED) is 0.851. The predicted molar refractivity (Wildman–Crippen MR) is 53.4 cm³/mol. The molecular weight excluding hydrogens is 250 g/mol. The molecule has 0 spiro atoms. The Hall–Kier alpha value is -1.36. The molecular formula is C9H6BrNO3. The number of carbonyl (C=O) groups is 1. The van der Waals surface area contributed by atoms with Crippen molar-refractivity contribution in [1.29, 1.82) is 0 Å². The van der Waals surface area contributed by atoms with Crippen LogP contribution in [0.2, 0.25) is 0 Å². The van der Waals surface area contributed by atoms with Gasteiger partial charge in [-0.3, -0.25) is 0 Å². The van der Waals surface area contributed by atoms with E-state index in [1.165, 1.54) is 6.07 Å². The highest BCUT2D eigenvalue weighted by molar-refractivity contribution is 9.10. The normalized spacial score (nSPS) is 10.7. The molecule has 0 saturated carbocycles. The smallest absolute Gasteiger partial charge is 0.339 e. The van der Waals surface area contributed by atoms with Crippen LogP contribution in [0.15, 0.2) is 21.0 Å². The number of rotatable bonds is 1. The first-order valence-electron chi connectivity index (χ1n) is 3.88. The number of hydrogen-bond donors (Lipinski definition) is 1. The van der Waals surface area contributed by atoms with Gasteiger partial charge in [0.15, 0.2) is 11.5 Å². The maximum atomic E-state index is 10.9. The summed E-state index contributed by atoms with van der Waals surface area (Å²) in [7, 11) is 0. The van der Waals surface area contributed by atoms with Crippen molar-refractivity contribution in [3.63, 3.8) is 0 Å². The van der Waals surface area contributed by atoms with Gasteiger partial charge in [0, 0.05) is 11.4 Å². The van der Waals surface area contributed by atoms with E-state index in [-0.39, 0.29) is 5.56 Å². The Balaban J connectivity index is 2.85. The second-order valence-electron chi connectivity index (χ2n) is 2.84. The number of aromatic carboxylic acids is 1. The van der Waals surface area contributed by atoms with Crippen LogP contribution in [0.25, 0.3) is 11.1 Å². The van der Waals surface area contributed by atoms with Crippen molar-refractivity contribution in [1.82, 2.24) is 4.98 Å². The van der Waals surface area contributed by atoms with Crippen LogP contribution in [0.3, 0.4) is 0 Å². The summed E-state index contributed by atoms with van der Waals surface area (Å²) >= 11 is 3.22. The molecule has 0 fully saturated rings. The molecule has 0 bridgehead atoms. The van der Waals surface area contributed by atoms with Crippen molar-refractivity contribution in [3.8, 4) is 0 Å². The topological polar surface area (TPSA) is 63.3 Å². The Bertz CT molecular complexity index is 518. The number of aryl methyl sites for hydroxylation is 1. The molecule has 1 N–H and O–H groups in total. The summed E-state index contributed by atoms with van der Waals surface area (Å²) in [5.41, 5.74) is 0.988. The Morgan fingerprint density at radius 1 is 1.57 bits per heavy atom. The number of nitrogens with zero attached hydrogens (tertiary/aromatic N) is 1. The molecule has 0 radical (unpaired) electrons. The molecule has 5 heteroatoms. The van der Waals surface area contributed by atoms with Gasteiger partial charge in [0.2, 0.25) is 0 Å².